The molecular weight excluding hydrogens is 284 g/mol. The van der Waals surface area contributed by atoms with Crippen LogP contribution in [0.2, 0.25) is 0 Å². The monoisotopic (exact) mass is 306 g/mol. The first-order chi connectivity index (χ1) is 9.84. The maximum absolute atomic E-state index is 12.3. The van der Waals surface area contributed by atoms with Gasteiger partial charge in [-0.2, -0.15) is 0 Å². The van der Waals surface area contributed by atoms with E-state index in [0.717, 1.165) is 16.3 Å². The van der Waals surface area contributed by atoms with Crippen molar-refractivity contribution in [1.29, 1.82) is 0 Å². The first-order valence-electron chi connectivity index (χ1n) is 6.94. The molecule has 2 rings (SSSR count). The topological polar surface area (TPSA) is 51.2 Å². The summed E-state index contributed by atoms with van der Waals surface area (Å²) in [5.74, 6) is 0.610. The molecule has 114 valence electrons. The number of nitrogens with one attached hydrogen (secondary N) is 1. The van der Waals surface area contributed by atoms with Gasteiger partial charge in [0.15, 0.2) is 0 Å². The molecule has 2 unspecified atom stereocenters. The van der Waals surface area contributed by atoms with E-state index in [1.807, 2.05) is 52.0 Å². The lowest BCUT2D eigenvalue weighted by molar-refractivity contribution is 0.403. The van der Waals surface area contributed by atoms with Crippen LogP contribution in [0.5, 0.6) is 5.88 Å². The van der Waals surface area contributed by atoms with E-state index in [-0.39, 0.29) is 10.8 Å². The molecule has 0 amide bonds. The molecule has 0 aliphatic rings. The summed E-state index contributed by atoms with van der Waals surface area (Å²) >= 11 is 0. The number of methoxy groups -OCH3 is 1. The summed E-state index contributed by atoms with van der Waals surface area (Å²) in [6, 6.07) is 7.90. The Balaban J connectivity index is 2.41. The molecule has 2 aromatic rings. The van der Waals surface area contributed by atoms with Crippen molar-refractivity contribution in [3.8, 4) is 5.88 Å². The molecule has 5 heteroatoms. The van der Waals surface area contributed by atoms with E-state index in [9.17, 15) is 4.21 Å². The summed E-state index contributed by atoms with van der Waals surface area (Å²) in [6.07, 6.45) is 1.79. The van der Waals surface area contributed by atoms with Gasteiger partial charge in [-0.05, 0) is 44.7 Å². The Morgan fingerprint density at radius 2 is 1.86 bits per heavy atom. The molecule has 1 heterocycles. The van der Waals surface area contributed by atoms with Gasteiger partial charge in [0.1, 0.15) is 0 Å². The van der Waals surface area contributed by atoms with Gasteiger partial charge in [-0.3, -0.25) is 0 Å². The van der Waals surface area contributed by atoms with E-state index in [4.69, 9.17) is 4.74 Å². The quantitative estimate of drug-likeness (QED) is 0.942. The fraction of sp³-hybridized carbons (Fsp3) is 0.438. The summed E-state index contributed by atoms with van der Waals surface area (Å²) < 4.78 is 20.4. The molecule has 0 aliphatic carbocycles. The number of rotatable bonds is 4. The van der Waals surface area contributed by atoms with Crippen molar-refractivity contribution in [2.45, 2.75) is 38.5 Å². The Hall–Kier alpha value is -1.46. The summed E-state index contributed by atoms with van der Waals surface area (Å²) in [6.45, 7) is 7.85. The molecule has 0 bridgehead atoms. The molecule has 4 nitrogen and oxygen atoms in total. The molecule has 0 fully saturated rings. The second-order valence-corrected chi connectivity index (χ2v) is 7.99. The fourth-order valence-corrected chi connectivity index (χ4v) is 2.90. The van der Waals surface area contributed by atoms with Gasteiger partial charge in [0, 0.05) is 17.6 Å². The van der Waals surface area contributed by atoms with Crippen molar-refractivity contribution in [3.05, 3.63) is 36.0 Å². The van der Waals surface area contributed by atoms with Crippen molar-refractivity contribution >= 4 is 21.8 Å². The zero-order chi connectivity index (χ0) is 15.6. The molecule has 2 atom stereocenters. The second-order valence-electron chi connectivity index (χ2n) is 5.99. The minimum Gasteiger partial charge on any atom is -0.481 e. The number of hydrogen-bond acceptors (Lipinski definition) is 3. The SMILES string of the molecule is COc1ncc(C(C)NS(=O)C(C)(C)C)c2ccccc12. The third-order valence-electron chi connectivity index (χ3n) is 3.29. The zero-order valence-electron chi connectivity index (χ0n) is 13.1. The van der Waals surface area contributed by atoms with Gasteiger partial charge >= 0.3 is 0 Å². The molecule has 21 heavy (non-hydrogen) atoms. The highest BCUT2D eigenvalue weighted by Gasteiger charge is 2.22. The van der Waals surface area contributed by atoms with Crippen molar-refractivity contribution in [3.63, 3.8) is 0 Å². The van der Waals surface area contributed by atoms with E-state index in [2.05, 4.69) is 9.71 Å². The van der Waals surface area contributed by atoms with Crippen molar-refractivity contribution in [2.75, 3.05) is 7.11 Å². The predicted octanol–water partition coefficient (Wildman–Crippen LogP) is 3.36. The minimum absolute atomic E-state index is 0.0617. The molecule has 1 aromatic carbocycles. The smallest absolute Gasteiger partial charge is 0.221 e. The van der Waals surface area contributed by atoms with Crippen LogP contribution in [-0.4, -0.2) is 21.0 Å². The van der Waals surface area contributed by atoms with E-state index in [1.54, 1.807) is 13.3 Å². The van der Waals surface area contributed by atoms with Crippen molar-refractivity contribution in [1.82, 2.24) is 9.71 Å². The highest BCUT2D eigenvalue weighted by Crippen LogP contribution is 2.29. The normalized spacial score (nSPS) is 14.9. The first-order valence-corrected chi connectivity index (χ1v) is 8.09. The number of nitrogens with zero attached hydrogens (tertiary/aromatic N) is 1. The molecule has 0 spiro atoms. The Morgan fingerprint density at radius 1 is 1.24 bits per heavy atom. The first kappa shape index (κ1) is 15.9. The van der Waals surface area contributed by atoms with Crippen LogP contribution in [0.3, 0.4) is 0 Å². The van der Waals surface area contributed by atoms with E-state index in [0.29, 0.717) is 5.88 Å². The molecule has 0 aliphatic heterocycles. The molecule has 1 aromatic heterocycles. The van der Waals surface area contributed by atoms with Crippen LogP contribution >= 0.6 is 0 Å². The number of benzene rings is 1. The van der Waals surface area contributed by atoms with Crippen LogP contribution in [0.4, 0.5) is 0 Å². The Labute approximate surface area is 128 Å². The highest BCUT2D eigenvalue weighted by atomic mass is 32.2. The molecule has 0 saturated carbocycles. The van der Waals surface area contributed by atoms with Gasteiger partial charge in [0.25, 0.3) is 0 Å². The number of ether oxygens (including phenoxy) is 1. The predicted molar refractivity (Wildman–Crippen MR) is 87.7 cm³/mol. The van der Waals surface area contributed by atoms with Gasteiger partial charge in [-0.25, -0.2) is 13.9 Å². The van der Waals surface area contributed by atoms with Gasteiger partial charge in [0.2, 0.25) is 5.88 Å². The van der Waals surface area contributed by atoms with Crippen LogP contribution in [0.25, 0.3) is 10.8 Å². The Morgan fingerprint density at radius 3 is 2.43 bits per heavy atom. The van der Waals surface area contributed by atoms with Crippen molar-refractivity contribution < 1.29 is 8.95 Å². The average Bonchev–Trinajstić information content (AvgIpc) is 2.44. The van der Waals surface area contributed by atoms with Gasteiger partial charge in [-0.15, -0.1) is 0 Å². The summed E-state index contributed by atoms with van der Waals surface area (Å²) in [7, 11) is 0.489. The Bertz CT molecular complexity index is 665. The summed E-state index contributed by atoms with van der Waals surface area (Å²) in [5, 5.41) is 2.03. The average molecular weight is 306 g/mol. The van der Waals surface area contributed by atoms with E-state index in [1.165, 1.54) is 0 Å². The van der Waals surface area contributed by atoms with Crippen LogP contribution in [0.15, 0.2) is 30.5 Å². The van der Waals surface area contributed by atoms with E-state index >= 15 is 0 Å². The third-order valence-corrected chi connectivity index (χ3v) is 4.97. The zero-order valence-corrected chi connectivity index (χ0v) is 14.0. The largest absolute Gasteiger partial charge is 0.481 e. The number of pyridine rings is 1. The van der Waals surface area contributed by atoms with Crippen LogP contribution < -0.4 is 9.46 Å². The lowest BCUT2D eigenvalue weighted by Crippen LogP contribution is -2.34. The minimum atomic E-state index is -1.13. The summed E-state index contributed by atoms with van der Waals surface area (Å²) in [4.78, 5) is 4.35. The molecule has 0 saturated heterocycles. The van der Waals surface area contributed by atoms with Gasteiger partial charge < -0.3 is 4.74 Å². The standard InChI is InChI=1S/C16H22N2O2S/c1-11(18-21(19)16(2,3)4)14-10-17-15(20-5)13-9-7-6-8-12(13)14/h6-11,18H,1-5H3. The summed E-state index contributed by atoms with van der Waals surface area (Å²) in [5.41, 5.74) is 1.02. The molecule has 0 radical (unpaired) electrons. The van der Waals surface area contributed by atoms with Gasteiger partial charge in [-0.1, -0.05) is 18.2 Å². The fourth-order valence-electron chi connectivity index (χ4n) is 2.10. The van der Waals surface area contributed by atoms with Crippen LogP contribution in [-0.2, 0) is 11.0 Å². The molecular formula is C16H22N2O2S. The van der Waals surface area contributed by atoms with Crippen molar-refractivity contribution in [2.24, 2.45) is 0 Å². The van der Waals surface area contributed by atoms with Crippen LogP contribution in [0, 0.1) is 0 Å². The van der Waals surface area contributed by atoms with Gasteiger partial charge in [0.05, 0.1) is 22.8 Å². The lowest BCUT2D eigenvalue weighted by Gasteiger charge is -2.23. The second kappa shape index (κ2) is 6.12. The number of aromatic nitrogens is 1. The lowest BCUT2D eigenvalue weighted by atomic mass is 10.0. The maximum Gasteiger partial charge on any atom is 0.221 e. The van der Waals surface area contributed by atoms with E-state index < -0.39 is 11.0 Å². The third kappa shape index (κ3) is 3.41. The number of hydrogen-bond donors (Lipinski definition) is 1. The molecule has 1 N–H and O–H groups in total. The highest BCUT2D eigenvalue weighted by molar-refractivity contribution is 7.84. The van der Waals surface area contributed by atoms with Crippen LogP contribution in [0.1, 0.15) is 39.3 Å². The number of fused-ring (bicyclic) bond motifs is 1. The Kier molecular flexibility index (Phi) is 4.64. The maximum atomic E-state index is 12.3.